The third-order valence-corrected chi connectivity index (χ3v) is 3.27. The summed E-state index contributed by atoms with van der Waals surface area (Å²) >= 11 is 3.25. The summed E-state index contributed by atoms with van der Waals surface area (Å²) in [5.41, 5.74) is 0.751. The highest BCUT2D eigenvalue weighted by Gasteiger charge is 2.10. The predicted molar refractivity (Wildman–Crippen MR) is 65.3 cm³/mol. The quantitative estimate of drug-likeness (QED) is 0.806. The number of rotatable bonds is 4. The standard InChI is InChI=1S/C12H17BrFN/c1-4-9(2)15(3)8-10-5-6-11(13)7-12(10)14/h5-7,9H,4,8H2,1-3H3. The molecule has 0 bridgehead atoms. The Morgan fingerprint density at radius 3 is 2.67 bits per heavy atom. The molecule has 15 heavy (non-hydrogen) atoms. The Morgan fingerprint density at radius 1 is 1.47 bits per heavy atom. The zero-order valence-electron chi connectivity index (χ0n) is 9.43. The van der Waals surface area contributed by atoms with Crippen molar-refractivity contribution in [1.82, 2.24) is 4.90 Å². The molecule has 1 aromatic rings. The molecule has 1 atom stereocenters. The lowest BCUT2D eigenvalue weighted by Gasteiger charge is -2.23. The first-order valence-electron chi connectivity index (χ1n) is 5.18. The maximum Gasteiger partial charge on any atom is 0.128 e. The topological polar surface area (TPSA) is 3.24 Å². The van der Waals surface area contributed by atoms with Crippen LogP contribution in [-0.4, -0.2) is 18.0 Å². The average molecular weight is 274 g/mol. The number of hydrogen-bond donors (Lipinski definition) is 0. The summed E-state index contributed by atoms with van der Waals surface area (Å²) in [6.45, 7) is 4.95. The second-order valence-corrected chi connectivity index (χ2v) is 4.82. The molecular formula is C12H17BrFN. The van der Waals surface area contributed by atoms with Crippen molar-refractivity contribution in [3.05, 3.63) is 34.1 Å². The van der Waals surface area contributed by atoms with Crippen molar-refractivity contribution in [2.75, 3.05) is 7.05 Å². The Hall–Kier alpha value is -0.410. The SMILES string of the molecule is CCC(C)N(C)Cc1ccc(Br)cc1F. The van der Waals surface area contributed by atoms with Crippen molar-refractivity contribution in [2.24, 2.45) is 0 Å². The molecule has 0 heterocycles. The first kappa shape index (κ1) is 12.7. The van der Waals surface area contributed by atoms with Gasteiger partial charge in [0.1, 0.15) is 5.82 Å². The Morgan fingerprint density at radius 2 is 2.13 bits per heavy atom. The van der Waals surface area contributed by atoms with E-state index < -0.39 is 0 Å². The van der Waals surface area contributed by atoms with Gasteiger partial charge in [0.05, 0.1) is 0 Å². The lowest BCUT2D eigenvalue weighted by molar-refractivity contribution is 0.240. The van der Waals surface area contributed by atoms with Gasteiger partial charge < -0.3 is 0 Å². The largest absolute Gasteiger partial charge is 0.299 e. The van der Waals surface area contributed by atoms with Gasteiger partial charge in [0.15, 0.2) is 0 Å². The van der Waals surface area contributed by atoms with Crippen LogP contribution in [0.2, 0.25) is 0 Å². The summed E-state index contributed by atoms with van der Waals surface area (Å²) in [4.78, 5) is 2.16. The van der Waals surface area contributed by atoms with E-state index in [4.69, 9.17) is 0 Å². The molecule has 0 spiro atoms. The first-order chi connectivity index (χ1) is 7.04. The van der Waals surface area contributed by atoms with Crippen LogP contribution in [0.25, 0.3) is 0 Å². The molecule has 0 fully saturated rings. The first-order valence-corrected chi connectivity index (χ1v) is 5.98. The predicted octanol–water partition coefficient (Wildman–Crippen LogP) is 3.82. The van der Waals surface area contributed by atoms with E-state index in [1.165, 1.54) is 6.07 Å². The zero-order valence-corrected chi connectivity index (χ0v) is 11.0. The normalized spacial score (nSPS) is 13.2. The minimum atomic E-state index is -0.139. The van der Waals surface area contributed by atoms with Crippen LogP contribution < -0.4 is 0 Å². The van der Waals surface area contributed by atoms with Gasteiger partial charge in [0.25, 0.3) is 0 Å². The van der Waals surface area contributed by atoms with E-state index in [1.54, 1.807) is 0 Å². The average Bonchev–Trinajstić information content (AvgIpc) is 2.20. The molecule has 0 saturated carbocycles. The summed E-state index contributed by atoms with van der Waals surface area (Å²) in [6, 6.07) is 5.70. The third-order valence-electron chi connectivity index (χ3n) is 2.78. The van der Waals surface area contributed by atoms with E-state index in [-0.39, 0.29) is 5.82 Å². The van der Waals surface area contributed by atoms with E-state index in [1.807, 2.05) is 19.2 Å². The second kappa shape index (κ2) is 5.61. The van der Waals surface area contributed by atoms with Gasteiger partial charge in [-0.15, -0.1) is 0 Å². The van der Waals surface area contributed by atoms with Gasteiger partial charge in [-0.05, 0) is 32.5 Å². The number of benzene rings is 1. The van der Waals surface area contributed by atoms with Crippen LogP contribution in [0, 0.1) is 5.82 Å². The third kappa shape index (κ3) is 3.58. The van der Waals surface area contributed by atoms with Crippen LogP contribution in [0.15, 0.2) is 22.7 Å². The fourth-order valence-electron chi connectivity index (χ4n) is 1.39. The van der Waals surface area contributed by atoms with Gasteiger partial charge in [-0.3, -0.25) is 4.90 Å². The Bertz CT molecular complexity index is 327. The lowest BCUT2D eigenvalue weighted by Crippen LogP contribution is -2.28. The van der Waals surface area contributed by atoms with Crippen LogP contribution in [-0.2, 0) is 6.54 Å². The van der Waals surface area contributed by atoms with Gasteiger partial charge in [-0.2, -0.15) is 0 Å². The van der Waals surface area contributed by atoms with Gasteiger partial charge in [0, 0.05) is 22.6 Å². The Kier molecular flexibility index (Phi) is 4.74. The molecule has 0 aliphatic carbocycles. The highest BCUT2D eigenvalue weighted by molar-refractivity contribution is 9.10. The molecule has 1 aromatic carbocycles. The monoisotopic (exact) mass is 273 g/mol. The molecule has 84 valence electrons. The summed E-state index contributed by atoms with van der Waals surface area (Å²) in [6.07, 6.45) is 1.08. The Labute approximate surface area is 99.4 Å². The number of halogens is 2. The smallest absolute Gasteiger partial charge is 0.128 e. The molecular weight excluding hydrogens is 257 g/mol. The fraction of sp³-hybridized carbons (Fsp3) is 0.500. The molecule has 0 amide bonds. The molecule has 0 aromatic heterocycles. The molecule has 0 aliphatic heterocycles. The van der Waals surface area contributed by atoms with Gasteiger partial charge >= 0.3 is 0 Å². The van der Waals surface area contributed by atoms with E-state index in [0.29, 0.717) is 12.6 Å². The minimum absolute atomic E-state index is 0.139. The molecule has 3 heteroatoms. The molecule has 0 N–H and O–H groups in total. The maximum atomic E-state index is 13.5. The van der Waals surface area contributed by atoms with Crippen LogP contribution in [0.4, 0.5) is 4.39 Å². The van der Waals surface area contributed by atoms with Crippen molar-refractivity contribution in [2.45, 2.75) is 32.9 Å². The van der Waals surface area contributed by atoms with Crippen LogP contribution >= 0.6 is 15.9 Å². The number of nitrogens with zero attached hydrogens (tertiary/aromatic N) is 1. The molecule has 1 nitrogen and oxygen atoms in total. The van der Waals surface area contributed by atoms with Gasteiger partial charge in [-0.1, -0.05) is 28.9 Å². The van der Waals surface area contributed by atoms with Crippen LogP contribution in [0.3, 0.4) is 0 Å². The second-order valence-electron chi connectivity index (χ2n) is 3.91. The fourth-order valence-corrected chi connectivity index (χ4v) is 1.72. The minimum Gasteiger partial charge on any atom is -0.299 e. The van der Waals surface area contributed by atoms with Crippen molar-refractivity contribution >= 4 is 15.9 Å². The van der Waals surface area contributed by atoms with Crippen molar-refractivity contribution < 1.29 is 4.39 Å². The van der Waals surface area contributed by atoms with Crippen molar-refractivity contribution in [3.63, 3.8) is 0 Å². The van der Waals surface area contributed by atoms with E-state index >= 15 is 0 Å². The number of hydrogen-bond acceptors (Lipinski definition) is 1. The molecule has 1 rings (SSSR count). The maximum absolute atomic E-state index is 13.5. The van der Waals surface area contributed by atoms with Crippen molar-refractivity contribution in [3.8, 4) is 0 Å². The molecule has 0 radical (unpaired) electrons. The molecule has 1 unspecified atom stereocenters. The summed E-state index contributed by atoms with van der Waals surface area (Å²) in [5.74, 6) is -0.139. The van der Waals surface area contributed by atoms with E-state index in [2.05, 4.69) is 34.7 Å². The highest BCUT2D eigenvalue weighted by Crippen LogP contribution is 2.17. The summed E-state index contributed by atoms with van der Waals surface area (Å²) in [5, 5.41) is 0. The molecule has 0 aliphatic rings. The molecule has 0 saturated heterocycles. The van der Waals surface area contributed by atoms with Gasteiger partial charge in [0.2, 0.25) is 0 Å². The van der Waals surface area contributed by atoms with Crippen LogP contribution in [0.5, 0.6) is 0 Å². The van der Waals surface area contributed by atoms with Crippen LogP contribution in [0.1, 0.15) is 25.8 Å². The summed E-state index contributed by atoms with van der Waals surface area (Å²) < 4.78 is 14.3. The van der Waals surface area contributed by atoms with E-state index in [9.17, 15) is 4.39 Å². The van der Waals surface area contributed by atoms with E-state index in [0.717, 1.165) is 16.5 Å². The lowest BCUT2D eigenvalue weighted by atomic mass is 10.1. The summed E-state index contributed by atoms with van der Waals surface area (Å²) in [7, 11) is 2.02. The van der Waals surface area contributed by atoms with Crippen molar-refractivity contribution in [1.29, 1.82) is 0 Å². The highest BCUT2D eigenvalue weighted by atomic mass is 79.9. The Balaban J connectivity index is 2.72. The van der Waals surface area contributed by atoms with Gasteiger partial charge in [-0.25, -0.2) is 4.39 Å². The zero-order chi connectivity index (χ0) is 11.4.